The van der Waals surface area contributed by atoms with Gasteiger partial charge in [0.05, 0.1) is 5.52 Å². The smallest absolute Gasteiger partial charge is 0.143 e. The molecule has 0 bridgehead atoms. The lowest BCUT2D eigenvalue weighted by Gasteiger charge is -2.04. The van der Waals surface area contributed by atoms with Crippen LogP contribution in [0.5, 0.6) is 0 Å². The van der Waals surface area contributed by atoms with Crippen LogP contribution in [0.25, 0.3) is 21.9 Å². The Labute approximate surface area is 106 Å². The van der Waals surface area contributed by atoms with Crippen molar-refractivity contribution in [2.24, 2.45) is 7.05 Å². The van der Waals surface area contributed by atoms with Crippen molar-refractivity contribution in [1.82, 2.24) is 14.5 Å². The molecule has 1 N–H and O–H groups in total. The van der Waals surface area contributed by atoms with E-state index in [9.17, 15) is 0 Å². The Balaban J connectivity index is 2.22. The summed E-state index contributed by atoms with van der Waals surface area (Å²) in [5, 5.41) is 5.63. The highest BCUT2D eigenvalue weighted by Gasteiger charge is 2.09. The van der Waals surface area contributed by atoms with Gasteiger partial charge in [-0.05, 0) is 24.6 Å². The Morgan fingerprint density at radius 1 is 1.22 bits per heavy atom. The average Bonchev–Trinajstić information content (AvgIpc) is 2.71. The molecule has 3 heterocycles. The van der Waals surface area contributed by atoms with E-state index in [1.807, 2.05) is 31.6 Å². The zero-order valence-electron chi connectivity index (χ0n) is 10.6. The van der Waals surface area contributed by atoms with Gasteiger partial charge in [0.1, 0.15) is 11.5 Å². The van der Waals surface area contributed by atoms with Crippen LogP contribution in [-0.2, 0) is 7.05 Å². The minimum atomic E-state index is 0.934. The SMILES string of the molecule is CCCNc1ccc2c3cnccc3n(C)c2n1. The lowest BCUT2D eigenvalue weighted by atomic mass is 10.2. The molecule has 0 spiro atoms. The van der Waals surface area contributed by atoms with Gasteiger partial charge in [-0.1, -0.05) is 6.92 Å². The summed E-state index contributed by atoms with van der Waals surface area (Å²) < 4.78 is 2.11. The Morgan fingerprint density at radius 3 is 2.94 bits per heavy atom. The van der Waals surface area contributed by atoms with Crippen LogP contribution >= 0.6 is 0 Å². The summed E-state index contributed by atoms with van der Waals surface area (Å²) in [6, 6.07) is 6.17. The summed E-state index contributed by atoms with van der Waals surface area (Å²) in [6.45, 7) is 3.10. The number of rotatable bonds is 3. The quantitative estimate of drug-likeness (QED) is 0.765. The topological polar surface area (TPSA) is 42.7 Å². The Hall–Kier alpha value is -2.10. The summed E-state index contributed by atoms with van der Waals surface area (Å²) in [7, 11) is 2.04. The number of aryl methyl sites for hydroxylation is 1. The molecule has 0 radical (unpaired) electrons. The van der Waals surface area contributed by atoms with Crippen LogP contribution < -0.4 is 5.32 Å². The molecule has 0 amide bonds. The molecule has 0 fully saturated rings. The number of anilines is 1. The van der Waals surface area contributed by atoms with Crippen molar-refractivity contribution in [3.63, 3.8) is 0 Å². The standard InChI is InChI=1S/C14H16N4/c1-3-7-16-13-5-4-10-11-9-15-8-6-12(11)18(2)14(10)17-13/h4-6,8-9H,3,7H2,1-2H3,(H,16,17). The van der Waals surface area contributed by atoms with E-state index in [1.165, 1.54) is 5.52 Å². The number of nitrogens with one attached hydrogen (secondary N) is 1. The zero-order chi connectivity index (χ0) is 12.5. The van der Waals surface area contributed by atoms with Crippen LogP contribution in [0.4, 0.5) is 5.82 Å². The van der Waals surface area contributed by atoms with Crippen LogP contribution in [0.3, 0.4) is 0 Å². The van der Waals surface area contributed by atoms with Crippen LogP contribution in [0, 0.1) is 0 Å². The predicted octanol–water partition coefficient (Wildman–Crippen LogP) is 2.94. The van der Waals surface area contributed by atoms with E-state index in [4.69, 9.17) is 0 Å². The zero-order valence-corrected chi connectivity index (χ0v) is 10.6. The molecule has 3 aromatic rings. The van der Waals surface area contributed by atoms with Crippen LogP contribution in [0.2, 0.25) is 0 Å². The summed E-state index contributed by atoms with van der Waals surface area (Å²) in [5.74, 6) is 0.934. The van der Waals surface area contributed by atoms with Gasteiger partial charge in [0, 0.05) is 36.8 Å². The fourth-order valence-electron chi connectivity index (χ4n) is 2.27. The first kappa shape index (κ1) is 11.0. The third-order valence-corrected chi connectivity index (χ3v) is 3.20. The second kappa shape index (κ2) is 4.29. The number of fused-ring (bicyclic) bond motifs is 3. The van der Waals surface area contributed by atoms with Crippen molar-refractivity contribution in [3.05, 3.63) is 30.6 Å². The van der Waals surface area contributed by atoms with E-state index >= 15 is 0 Å². The maximum Gasteiger partial charge on any atom is 0.143 e. The minimum absolute atomic E-state index is 0.934. The van der Waals surface area contributed by atoms with Gasteiger partial charge < -0.3 is 9.88 Å². The van der Waals surface area contributed by atoms with E-state index in [-0.39, 0.29) is 0 Å². The van der Waals surface area contributed by atoms with Gasteiger partial charge in [-0.3, -0.25) is 4.98 Å². The first-order valence-corrected chi connectivity index (χ1v) is 6.24. The molecular formula is C14H16N4. The highest BCUT2D eigenvalue weighted by Crippen LogP contribution is 2.26. The number of aromatic nitrogens is 3. The normalized spacial score (nSPS) is 11.2. The molecule has 92 valence electrons. The van der Waals surface area contributed by atoms with Crippen LogP contribution in [0.15, 0.2) is 30.6 Å². The lowest BCUT2D eigenvalue weighted by molar-refractivity contribution is 0.959. The van der Waals surface area contributed by atoms with Crippen LogP contribution in [0.1, 0.15) is 13.3 Å². The average molecular weight is 240 g/mol. The van der Waals surface area contributed by atoms with Crippen molar-refractivity contribution >= 4 is 27.8 Å². The van der Waals surface area contributed by atoms with Crippen molar-refractivity contribution in [2.45, 2.75) is 13.3 Å². The summed E-state index contributed by atoms with van der Waals surface area (Å²) in [5.41, 5.74) is 2.17. The lowest BCUT2D eigenvalue weighted by Crippen LogP contribution is -2.02. The third-order valence-electron chi connectivity index (χ3n) is 3.20. The molecule has 0 aromatic carbocycles. The summed E-state index contributed by atoms with van der Waals surface area (Å²) in [4.78, 5) is 8.87. The highest BCUT2D eigenvalue weighted by molar-refractivity contribution is 6.06. The molecule has 4 nitrogen and oxygen atoms in total. The largest absolute Gasteiger partial charge is 0.370 e. The first-order valence-electron chi connectivity index (χ1n) is 6.24. The predicted molar refractivity (Wildman–Crippen MR) is 74.8 cm³/mol. The van der Waals surface area contributed by atoms with Gasteiger partial charge in [-0.15, -0.1) is 0 Å². The molecule has 0 aliphatic heterocycles. The molecule has 0 aliphatic carbocycles. The van der Waals surface area contributed by atoms with E-state index in [1.54, 1.807) is 0 Å². The van der Waals surface area contributed by atoms with Gasteiger partial charge in [-0.25, -0.2) is 4.98 Å². The Kier molecular flexibility index (Phi) is 2.63. The van der Waals surface area contributed by atoms with Crippen molar-refractivity contribution in [1.29, 1.82) is 0 Å². The molecule has 3 aromatic heterocycles. The van der Waals surface area contributed by atoms with Gasteiger partial charge in [0.15, 0.2) is 0 Å². The molecule has 0 unspecified atom stereocenters. The van der Waals surface area contributed by atoms with Gasteiger partial charge in [0.2, 0.25) is 0 Å². The van der Waals surface area contributed by atoms with Gasteiger partial charge in [-0.2, -0.15) is 0 Å². The van der Waals surface area contributed by atoms with E-state index in [0.717, 1.165) is 35.2 Å². The molecule has 18 heavy (non-hydrogen) atoms. The molecule has 0 saturated carbocycles. The van der Waals surface area contributed by atoms with E-state index in [0.29, 0.717) is 0 Å². The molecule has 0 atom stereocenters. The maximum atomic E-state index is 4.67. The second-order valence-corrected chi connectivity index (χ2v) is 4.45. The fraction of sp³-hybridized carbons (Fsp3) is 0.286. The number of pyridine rings is 2. The summed E-state index contributed by atoms with van der Waals surface area (Å²) in [6.07, 6.45) is 4.81. The van der Waals surface area contributed by atoms with Crippen LogP contribution in [-0.4, -0.2) is 21.1 Å². The highest BCUT2D eigenvalue weighted by atomic mass is 15.1. The number of hydrogen-bond acceptors (Lipinski definition) is 3. The first-order chi connectivity index (χ1) is 8.81. The number of hydrogen-bond donors (Lipinski definition) is 1. The third kappa shape index (κ3) is 1.61. The maximum absolute atomic E-state index is 4.67. The Bertz CT molecular complexity index is 699. The minimum Gasteiger partial charge on any atom is -0.370 e. The molecule has 0 aliphatic rings. The monoisotopic (exact) mass is 240 g/mol. The van der Waals surface area contributed by atoms with Crippen molar-refractivity contribution < 1.29 is 0 Å². The van der Waals surface area contributed by atoms with E-state index < -0.39 is 0 Å². The molecule has 3 rings (SSSR count). The second-order valence-electron chi connectivity index (χ2n) is 4.45. The van der Waals surface area contributed by atoms with Gasteiger partial charge in [0.25, 0.3) is 0 Å². The van der Waals surface area contributed by atoms with Crippen molar-refractivity contribution in [3.8, 4) is 0 Å². The molecular weight excluding hydrogens is 224 g/mol. The Morgan fingerprint density at radius 2 is 2.11 bits per heavy atom. The summed E-state index contributed by atoms with van der Waals surface area (Å²) >= 11 is 0. The van der Waals surface area contributed by atoms with Crippen molar-refractivity contribution in [2.75, 3.05) is 11.9 Å². The van der Waals surface area contributed by atoms with Gasteiger partial charge >= 0.3 is 0 Å². The van der Waals surface area contributed by atoms with E-state index in [2.05, 4.69) is 32.8 Å². The fourth-order valence-corrected chi connectivity index (χ4v) is 2.27. The number of nitrogens with zero attached hydrogens (tertiary/aromatic N) is 3. The molecule has 4 heteroatoms. The molecule has 0 saturated heterocycles.